The van der Waals surface area contributed by atoms with E-state index < -0.39 is 0 Å². The van der Waals surface area contributed by atoms with Crippen molar-refractivity contribution in [3.8, 4) is 0 Å². The van der Waals surface area contributed by atoms with Crippen LogP contribution in [0.25, 0.3) is 0 Å². The highest BCUT2D eigenvalue weighted by Gasteiger charge is 2.04. The Bertz CT molecular complexity index is 591. The van der Waals surface area contributed by atoms with Crippen LogP contribution < -0.4 is 11.1 Å². The summed E-state index contributed by atoms with van der Waals surface area (Å²) in [6.45, 7) is 1.94. The number of amides is 1. The zero-order valence-electron chi connectivity index (χ0n) is 13.0. The molecule has 0 saturated heterocycles. The first-order valence-electron chi connectivity index (χ1n) is 7.51. The van der Waals surface area contributed by atoms with Crippen LogP contribution in [0.3, 0.4) is 0 Å². The molecule has 0 fully saturated rings. The zero-order chi connectivity index (χ0) is 15.6. The second kappa shape index (κ2) is 10.6. The van der Waals surface area contributed by atoms with E-state index in [4.69, 9.17) is 10.5 Å². The van der Waals surface area contributed by atoms with E-state index in [1.54, 1.807) is 24.3 Å². The maximum absolute atomic E-state index is 11.9. The van der Waals surface area contributed by atoms with Crippen molar-refractivity contribution in [3.63, 3.8) is 0 Å². The predicted octanol–water partition coefficient (Wildman–Crippen LogP) is 3.07. The highest BCUT2D eigenvalue weighted by molar-refractivity contribution is 5.94. The fraction of sp³-hybridized carbons (Fsp3) is 0.278. The molecule has 3 N–H and O–H groups in total. The summed E-state index contributed by atoms with van der Waals surface area (Å²) in [5.74, 6) is -0.100. The van der Waals surface area contributed by atoms with E-state index in [0.29, 0.717) is 31.0 Å². The minimum absolute atomic E-state index is 0. The van der Waals surface area contributed by atoms with Crippen molar-refractivity contribution in [2.24, 2.45) is 0 Å². The van der Waals surface area contributed by atoms with Gasteiger partial charge in [0.2, 0.25) is 0 Å². The lowest BCUT2D eigenvalue weighted by molar-refractivity contribution is 0.0942. The van der Waals surface area contributed by atoms with Crippen LogP contribution in [0.1, 0.15) is 22.3 Å². The van der Waals surface area contributed by atoms with Crippen molar-refractivity contribution in [2.45, 2.75) is 12.8 Å². The average molecular weight is 335 g/mol. The third kappa shape index (κ3) is 7.17. The van der Waals surface area contributed by atoms with Gasteiger partial charge in [-0.2, -0.15) is 0 Å². The van der Waals surface area contributed by atoms with Gasteiger partial charge in [0.15, 0.2) is 0 Å². The molecule has 0 aliphatic heterocycles. The molecule has 0 bridgehead atoms. The molecule has 2 aromatic carbocycles. The minimum Gasteiger partial charge on any atom is -0.399 e. The van der Waals surface area contributed by atoms with Crippen molar-refractivity contribution in [1.29, 1.82) is 0 Å². The molecule has 0 atom stereocenters. The quantitative estimate of drug-likeness (QED) is 0.576. The average Bonchev–Trinajstić information content (AvgIpc) is 2.54. The van der Waals surface area contributed by atoms with Crippen LogP contribution >= 0.6 is 12.4 Å². The number of nitrogen functional groups attached to an aromatic ring is 1. The normalized spacial score (nSPS) is 9.91. The van der Waals surface area contributed by atoms with Crippen molar-refractivity contribution in [3.05, 3.63) is 65.7 Å². The molecule has 1 amide bonds. The third-order valence-corrected chi connectivity index (χ3v) is 3.28. The van der Waals surface area contributed by atoms with E-state index >= 15 is 0 Å². The maximum Gasteiger partial charge on any atom is 0.251 e. The van der Waals surface area contributed by atoms with E-state index in [9.17, 15) is 4.79 Å². The van der Waals surface area contributed by atoms with Gasteiger partial charge in [0, 0.05) is 24.4 Å². The van der Waals surface area contributed by atoms with Gasteiger partial charge in [0.25, 0.3) is 5.91 Å². The van der Waals surface area contributed by atoms with Gasteiger partial charge in [0.05, 0.1) is 6.61 Å². The van der Waals surface area contributed by atoms with E-state index in [1.807, 2.05) is 18.2 Å². The number of hydrogen-bond acceptors (Lipinski definition) is 3. The SMILES string of the molecule is Cl.Nc1cccc(C(=O)NCCCOCCc2ccccc2)c1. The Morgan fingerprint density at radius 2 is 1.83 bits per heavy atom. The Balaban J connectivity index is 0.00000264. The largest absolute Gasteiger partial charge is 0.399 e. The van der Waals surface area contributed by atoms with Crippen molar-refractivity contribution >= 4 is 24.0 Å². The number of hydrogen-bond donors (Lipinski definition) is 2. The summed E-state index contributed by atoms with van der Waals surface area (Å²) in [6.07, 6.45) is 1.71. The van der Waals surface area contributed by atoms with E-state index in [2.05, 4.69) is 17.4 Å². The predicted molar refractivity (Wildman–Crippen MR) is 96.0 cm³/mol. The zero-order valence-corrected chi connectivity index (χ0v) is 13.9. The molecule has 0 heterocycles. The van der Waals surface area contributed by atoms with Gasteiger partial charge in [0.1, 0.15) is 0 Å². The smallest absolute Gasteiger partial charge is 0.251 e. The van der Waals surface area contributed by atoms with Crippen molar-refractivity contribution in [1.82, 2.24) is 5.32 Å². The number of halogens is 1. The standard InChI is InChI=1S/C18H22N2O2.ClH/c19-17-9-4-8-16(14-17)18(21)20-11-5-12-22-13-10-15-6-2-1-3-7-15;/h1-4,6-9,14H,5,10-13,19H2,(H,20,21);1H. The van der Waals surface area contributed by atoms with E-state index in [0.717, 1.165) is 12.8 Å². The summed E-state index contributed by atoms with van der Waals surface area (Å²) in [6, 6.07) is 17.2. The lowest BCUT2D eigenvalue weighted by Gasteiger charge is -2.07. The molecule has 0 unspecified atom stereocenters. The number of anilines is 1. The lowest BCUT2D eigenvalue weighted by Crippen LogP contribution is -2.25. The molecule has 0 aromatic heterocycles. The summed E-state index contributed by atoms with van der Waals surface area (Å²) in [7, 11) is 0. The molecule has 0 aliphatic rings. The number of nitrogens with two attached hydrogens (primary N) is 1. The molecular weight excluding hydrogens is 312 g/mol. The maximum atomic E-state index is 11.9. The highest BCUT2D eigenvalue weighted by Crippen LogP contribution is 2.06. The van der Waals surface area contributed by atoms with Gasteiger partial charge in [-0.05, 0) is 36.6 Å². The number of rotatable bonds is 8. The molecule has 124 valence electrons. The van der Waals surface area contributed by atoms with Gasteiger partial charge in [-0.3, -0.25) is 4.79 Å². The number of benzene rings is 2. The van der Waals surface area contributed by atoms with Crippen LogP contribution in [-0.4, -0.2) is 25.7 Å². The Morgan fingerprint density at radius 3 is 2.57 bits per heavy atom. The molecule has 0 radical (unpaired) electrons. The summed E-state index contributed by atoms with van der Waals surface area (Å²) >= 11 is 0. The Hall–Kier alpha value is -2.04. The van der Waals surface area contributed by atoms with E-state index in [-0.39, 0.29) is 18.3 Å². The van der Waals surface area contributed by atoms with Crippen LogP contribution in [0.4, 0.5) is 5.69 Å². The summed E-state index contributed by atoms with van der Waals surface area (Å²) in [5, 5.41) is 2.86. The fourth-order valence-corrected chi connectivity index (χ4v) is 2.09. The van der Waals surface area contributed by atoms with Crippen LogP contribution in [0.15, 0.2) is 54.6 Å². The first-order chi connectivity index (χ1) is 10.8. The van der Waals surface area contributed by atoms with Gasteiger partial charge in [-0.25, -0.2) is 0 Å². The molecular formula is C18H23ClN2O2. The molecule has 2 rings (SSSR count). The van der Waals surface area contributed by atoms with E-state index in [1.165, 1.54) is 5.56 Å². The number of ether oxygens (including phenoxy) is 1. The van der Waals surface area contributed by atoms with Crippen LogP contribution in [-0.2, 0) is 11.2 Å². The van der Waals surface area contributed by atoms with Gasteiger partial charge >= 0.3 is 0 Å². The van der Waals surface area contributed by atoms with Crippen molar-refractivity contribution < 1.29 is 9.53 Å². The Labute approximate surface area is 143 Å². The highest BCUT2D eigenvalue weighted by atomic mass is 35.5. The second-order valence-corrected chi connectivity index (χ2v) is 5.08. The van der Waals surface area contributed by atoms with Gasteiger partial charge < -0.3 is 15.8 Å². The minimum atomic E-state index is -0.100. The third-order valence-electron chi connectivity index (χ3n) is 3.28. The summed E-state index contributed by atoms with van der Waals surface area (Å²) in [4.78, 5) is 11.9. The van der Waals surface area contributed by atoms with Crippen LogP contribution in [0.2, 0.25) is 0 Å². The van der Waals surface area contributed by atoms with Crippen LogP contribution in [0, 0.1) is 0 Å². The number of carbonyl (C=O) groups is 1. The molecule has 0 spiro atoms. The Morgan fingerprint density at radius 1 is 1.04 bits per heavy atom. The second-order valence-electron chi connectivity index (χ2n) is 5.08. The monoisotopic (exact) mass is 334 g/mol. The first-order valence-corrected chi connectivity index (χ1v) is 7.51. The van der Waals surface area contributed by atoms with Gasteiger partial charge in [-0.15, -0.1) is 12.4 Å². The molecule has 0 aliphatic carbocycles. The summed E-state index contributed by atoms with van der Waals surface area (Å²) < 4.78 is 5.57. The fourth-order valence-electron chi connectivity index (χ4n) is 2.09. The van der Waals surface area contributed by atoms with Gasteiger partial charge in [-0.1, -0.05) is 36.4 Å². The number of nitrogens with one attached hydrogen (secondary N) is 1. The molecule has 0 saturated carbocycles. The molecule has 23 heavy (non-hydrogen) atoms. The van der Waals surface area contributed by atoms with Crippen molar-refractivity contribution in [2.75, 3.05) is 25.5 Å². The number of carbonyl (C=O) groups excluding carboxylic acids is 1. The lowest BCUT2D eigenvalue weighted by atomic mass is 10.2. The molecule has 2 aromatic rings. The topological polar surface area (TPSA) is 64.4 Å². The first kappa shape index (κ1) is 19.0. The summed E-state index contributed by atoms with van der Waals surface area (Å²) in [5.41, 5.74) is 8.11. The van der Waals surface area contributed by atoms with Crippen LogP contribution in [0.5, 0.6) is 0 Å². The molecule has 5 heteroatoms. The Kier molecular flexibility index (Phi) is 8.80. The molecule has 4 nitrogen and oxygen atoms in total.